The van der Waals surface area contributed by atoms with Crippen LogP contribution in [0, 0.1) is 0 Å². The Balaban J connectivity index is 1.55. The fourth-order valence-electron chi connectivity index (χ4n) is 5.09. The Morgan fingerprint density at radius 2 is 1.88 bits per heavy atom. The van der Waals surface area contributed by atoms with Gasteiger partial charge in [-0.1, -0.05) is 18.2 Å². The van der Waals surface area contributed by atoms with Gasteiger partial charge in [0.2, 0.25) is 5.95 Å². The van der Waals surface area contributed by atoms with E-state index < -0.39 is 0 Å². The Kier molecular flexibility index (Phi) is 4.50. The molecular formula is C26H23N3O4. The van der Waals surface area contributed by atoms with Gasteiger partial charge in [-0.25, -0.2) is 4.98 Å². The molecule has 3 heterocycles. The van der Waals surface area contributed by atoms with Crippen molar-refractivity contribution in [1.82, 2.24) is 9.55 Å². The van der Waals surface area contributed by atoms with E-state index in [1.54, 1.807) is 20.5 Å². The van der Waals surface area contributed by atoms with Gasteiger partial charge in [-0.15, -0.1) is 0 Å². The lowest BCUT2D eigenvalue weighted by atomic mass is 9.79. The number of ether oxygens (including phenoxy) is 2. The van der Waals surface area contributed by atoms with Gasteiger partial charge in [0.25, 0.3) is 0 Å². The smallest absolute Gasteiger partial charge is 0.209 e. The van der Waals surface area contributed by atoms with Gasteiger partial charge in [-0.2, -0.15) is 0 Å². The molecule has 6 rings (SSSR count). The quantitative estimate of drug-likeness (QED) is 0.477. The summed E-state index contributed by atoms with van der Waals surface area (Å²) in [5.74, 6) is 2.93. The maximum absolute atomic E-state index is 13.6. The van der Waals surface area contributed by atoms with E-state index in [-0.39, 0.29) is 17.7 Å². The van der Waals surface area contributed by atoms with Crippen molar-refractivity contribution in [1.29, 1.82) is 0 Å². The molecule has 7 heteroatoms. The van der Waals surface area contributed by atoms with Crippen LogP contribution in [-0.2, 0) is 4.79 Å². The minimum Gasteiger partial charge on any atom is -0.493 e. The van der Waals surface area contributed by atoms with Crippen molar-refractivity contribution >= 4 is 22.8 Å². The number of carbonyl (C=O) groups is 1. The van der Waals surface area contributed by atoms with E-state index >= 15 is 0 Å². The van der Waals surface area contributed by atoms with Gasteiger partial charge in [-0.3, -0.25) is 9.36 Å². The van der Waals surface area contributed by atoms with Crippen LogP contribution in [0.15, 0.2) is 76.5 Å². The molecule has 0 fully saturated rings. The van der Waals surface area contributed by atoms with Crippen molar-refractivity contribution in [3.8, 4) is 11.5 Å². The highest BCUT2D eigenvalue weighted by Gasteiger charge is 2.40. The van der Waals surface area contributed by atoms with E-state index in [9.17, 15) is 4.79 Å². The first kappa shape index (κ1) is 19.7. The number of Topliss-reactive ketones (excluding diaryl/α,β-unsaturated/α-hetero) is 1. The number of imidazole rings is 1. The number of ketones is 1. The van der Waals surface area contributed by atoms with E-state index in [1.165, 1.54) is 0 Å². The molecule has 1 aliphatic carbocycles. The van der Waals surface area contributed by atoms with Crippen LogP contribution >= 0.6 is 0 Å². The topological polar surface area (TPSA) is 78.5 Å². The SMILES string of the molecule is COc1ccc([C@@H]2C3=C(C[C@H](c4ccco4)CC3=O)Nc3nc4ccccc4n32)cc1OC. The van der Waals surface area contributed by atoms with E-state index in [1.807, 2.05) is 54.6 Å². The number of rotatable bonds is 4. The van der Waals surface area contributed by atoms with E-state index in [2.05, 4.69) is 9.88 Å². The summed E-state index contributed by atoms with van der Waals surface area (Å²) in [6.45, 7) is 0. The third kappa shape index (κ3) is 3.03. The zero-order chi connectivity index (χ0) is 22.5. The number of hydrogen-bond donors (Lipinski definition) is 1. The molecule has 0 spiro atoms. The summed E-state index contributed by atoms with van der Waals surface area (Å²) in [7, 11) is 3.23. The zero-order valence-corrected chi connectivity index (χ0v) is 18.4. The van der Waals surface area contributed by atoms with Crippen molar-refractivity contribution in [2.75, 3.05) is 19.5 Å². The fourth-order valence-corrected chi connectivity index (χ4v) is 5.09. The zero-order valence-electron chi connectivity index (χ0n) is 18.4. The second-order valence-corrected chi connectivity index (χ2v) is 8.37. The molecule has 1 N–H and O–H groups in total. The van der Waals surface area contributed by atoms with Gasteiger partial charge in [0.1, 0.15) is 5.76 Å². The highest BCUT2D eigenvalue weighted by molar-refractivity contribution is 6.01. The molecule has 0 unspecified atom stereocenters. The first-order chi connectivity index (χ1) is 16.2. The van der Waals surface area contributed by atoms with Crippen LogP contribution in [0.2, 0.25) is 0 Å². The van der Waals surface area contributed by atoms with Crippen molar-refractivity contribution in [2.24, 2.45) is 0 Å². The summed E-state index contributed by atoms with van der Waals surface area (Å²) in [4.78, 5) is 18.5. The second-order valence-electron chi connectivity index (χ2n) is 8.37. The van der Waals surface area contributed by atoms with E-state index in [0.29, 0.717) is 24.3 Å². The van der Waals surface area contributed by atoms with Crippen LogP contribution in [0.4, 0.5) is 5.95 Å². The molecule has 2 atom stereocenters. The minimum atomic E-state index is -0.325. The minimum absolute atomic E-state index is 0.000678. The van der Waals surface area contributed by atoms with E-state index in [4.69, 9.17) is 18.9 Å². The highest BCUT2D eigenvalue weighted by atomic mass is 16.5. The summed E-state index contributed by atoms with van der Waals surface area (Å²) in [5, 5.41) is 3.47. The van der Waals surface area contributed by atoms with E-state index in [0.717, 1.165) is 39.6 Å². The lowest BCUT2D eigenvalue weighted by Crippen LogP contribution is -2.33. The standard InChI is InChI=1S/C26H23N3O4/c1-31-22-10-9-15(14-23(22)32-2)25-24-18(12-16(13-20(24)30)21-8-5-11-33-21)28-26-27-17-6-3-4-7-19(17)29(25)26/h3-11,14,16,25H,12-13H2,1-2H3,(H,27,28)/t16-,25+/m0/s1. The van der Waals surface area contributed by atoms with Gasteiger partial charge in [-0.05, 0) is 48.4 Å². The lowest BCUT2D eigenvalue weighted by Gasteiger charge is -2.36. The number of nitrogens with one attached hydrogen (secondary N) is 1. The molecule has 1 aliphatic heterocycles. The molecule has 0 amide bonds. The molecule has 166 valence electrons. The Morgan fingerprint density at radius 3 is 2.67 bits per heavy atom. The number of benzene rings is 2. The molecule has 2 aromatic carbocycles. The molecule has 0 bridgehead atoms. The van der Waals surface area contributed by atoms with Crippen LogP contribution in [0.25, 0.3) is 11.0 Å². The van der Waals surface area contributed by atoms with Crippen molar-refractivity contribution in [3.05, 3.63) is 83.5 Å². The maximum Gasteiger partial charge on any atom is 0.209 e. The Labute approximate surface area is 190 Å². The number of aromatic nitrogens is 2. The van der Waals surface area contributed by atoms with Crippen molar-refractivity contribution in [3.63, 3.8) is 0 Å². The molecule has 7 nitrogen and oxygen atoms in total. The Morgan fingerprint density at radius 1 is 1.03 bits per heavy atom. The van der Waals surface area contributed by atoms with Gasteiger partial charge in [0.05, 0.1) is 37.6 Å². The maximum atomic E-state index is 13.6. The van der Waals surface area contributed by atoms with Gasteiger partial charge < -0.3 is 19.2 Å². The molecule has 0 radical (unpaired) electrons. The molecule has 2 aliphatic rings. The average Bonchev–Trinajstić information content (AvgIpc) is 3.50. The number of nitrogens with zero attached hydrogens (tertiary/aromatic N) is 2. The van der Waals surface area contributed by atoms with Gasteiger partial charge in [0, 0.05) is 23.6 Å². The van der Waals surface area contributed by atoms with Crippen LogP contribution in [0.1, 0.15) is 36.1 Å². The molecular weight excluding hydrogens is 418 g/mol. The number of para-hydroxylation sites is 2. The Bertz CT molecular complexity index is 1400. The first-order valence-electron chi connectivity index (χ1n) is 10.9. The average molecular weight is 441 g/mol. The predicted molar refractivity (Wildman–Crippen MR) is 124 cm³/mol. The number of carbonyl (C=O) groups excluding carboxylic acids is 1. The fraction of sp³-hybridized carbons (Fsp3) is 0.231. The number of fused-ring (bicyclic) bond motifs is 3. The molecule has 4 aromatic rings. The number of hydrogen-bond acceptors (Lipinski definition) is 6. The highest BCUT2D eigenvalue weighted by Crippen LogP contribution is 2.47. The summed E-state index contributed by atoms with van der Waals surface area (Å²) in [6.07, 6.45) is 2.74. The summed E-state index contributed by atoms with van der Waals surface area (Å²) in [6, 6.07) is 17.3. The molecule has 0 saturated heterocycles. The van der Waals surface area contributed by atoms with Crippen LogP contribution < -0.4 is 14.8 Å². The predicted octanol–water partition coefficient (Wildman–Crippen LogP) is 5.06. The summed E-state index contributed by atoms with van der Waals surface area (Å²) >= 11 is 0. The number of methoxy groups -OCH3 is 2. The number of anilines is 1. The third-order valence-corrected chi connectivity index (χ3v) is 6.57. The molecule has 2 aromatic heterocycles. The number of furan rings is 1. The summed E-state index contributed by atoms with van der Waals surface area (Å²) < 4.78 is 18.8. The van der Waals surface area contributed by atoms with Crippen LogP contribution in [-0.4, -0.2) is 29.6 Å². The molecule has 33 heavy (non-hydrogen) atoms. The Hall–Kier alpha value is -4.00. The summed E-state index contributed by atoms with van der Waals surface area (Å²) in [5.41, 5.74) is 4.44. The normalized spacial score (nSPS) is 19.8. The van der Waals surface area contributed by atoms with Crippen LogP contribution in [0.5, 0.6) is 11.5 Å². The van der Waals surface area contributed by atoms with Gasteiger partial charge in [0.15, 0.2) is 17.3 Å². The van der Waals surface area contributed by atoms with Gasteiger partial charge >= 0.3 is 0 Å². The lowest BCUT2D eigenvalue weighted by molar-refractivity contribution is -0.116. The second kappa shape index (κ2) is 7.55. The van der Waals surface area contributed by atoms with Crippen molar-refractivity contribution < 1.29 is 18.7 Å². The first-order valence-corrected chi connectivity index (χ1v) is 10.9. The van der Waals surface area contributed by atoms with Crippen molar-refractivity contribution in [2.45, 2.75) is 24.8 Å². The third-order valence-electron chi connectivity index (χ3n) is 6.57. The molecule has 0 saturated carbocycles. The largest absolute Gasteiger partial charge is 0.493 e. The van der Waals surface area contributed by atoms with Crippen LogP contribution in [0.3, 0.4) is 0 Å². The number of allylic oxidation sites excluding steroid dienone is 2. The monoisotopic (exact) mass is 441 g/mol.